The van der Waals surface area contributed by atoms with Crippen LogP contribution in [0.1, 0.15) is 19.4 Å². The smallest absolute Gasteiger partial charge is 0.337 e. The quantitative estimate of drug-likeness (QED) is 0.370. The van der Waals surface area contributed by atoms with Crippen molar-refractivity contribution in [2.24, 2.45) is 5.92 Å². The average molecular weight is 383 g/mol. The van der Waals surface area contributed by atoms with E-state index in [1.807, 2.05) is 44.7 Å². The van der Waals surface area contributed by atoms with Crippen molar-refractivity contribution in [3.8, 4) is 0 Å². The third-order valence-corrected chi connectivity index (χ3v) is 7.01. The first-order valence-electron chi connectivity index (χ1n) is 7.89. The van der Waals surface area contributed by atoms with Gasteiger partial charge in [0, 0.05) is 45.3 Å². The Kier molecular flexibility index (Phi) is 7.78. The fourth-order valence-electron chi connectivity index (χ4n) is 2.05. The fraction of sp³-hybridized carbons (Fsp3) is 0.444. The van der Waals surface area contributed by atoms with Crippen LogP contribution < -0.4 is 5.63 Å². The summed E-state index contributed by atoms with van der Waals surface area (Å²) in [6.07, 6.45) is 0. The van der Waals surface area contributed by atoms with Crippen LogP contribution in [0.2, 0.25) is 0 Å². The summed E-state index contributed by atoms with van der Waals surface area (Å²) >= 11 is 4.96. The average Bonchev–Trinajstić information content (AvgIpc) is 2.54. The maximum absolute atomic E-state index is 11.7. The van der Waals surface area contributed by atoms with Crippen LogP contribution in [0.5, 0.6) is 0 Å². The van der Waals surface area contributed by atoms with Crippen LogP contribution in [-0.4, -0.2) is 28.1 Å². The molecule has 0 radical (unpaired) electrons. The molecule has 130 valence electrons. The molecule has 2 rings (SSSR count). The molecule has 0 aliphatic heterocycles. The summed E-state index contributed by atoms with van der Waals surface area (Å²) < 4.78 is 5.25. The molecule has 0 saturated heterocycles. The van der Waals surface area contributed by atoms with Crippen molar-refractivity contribution in [3.05, 3.63) is 40.2 Å². The molecule has 0 aliphatic rings. The second-order valence-corrected chi connectivity index (χ2v) is 9.17. The Labute approximate surface area is 155 Å². The molecule has 0 spiro atoms. The molecule has 1 heterocycles. The van der Waals surface area contributed by atoms with Crippen LogP contribution in [0, 0.1) is 12.8 Å². The number of fused-ring (bicyclic) bond motifs is 1. The number of carbonyl (C=O) groups is 1. The van der Waals surface area contributed by atoms with Gasteiger partial charge in [0.2, 0.25) is 0 Å². The van der Waals surface area contributed by atoms with E-state index in [9.17, 15) is 9.59 Å². The second-order valence-electron chi connectivity index (χ2n) is 5.71. The number of benzene rings is 1. The predicted octanol–water partition coefficient (Wildman–Crippen LogP) is 4.84. The van der Waals surface area contributed by atoms with Gasteiger partial charge in [0.25, 0.3) is 0 Å². The topological polar surface area (TPSA) is 47.3 Å². The third kappa shape index (κ3) is 5.90. The Morgan fingerprint density at radius 2 is 1.88 bits per heavy atom. The van der Waals surface area contributed by atoms with E-state index in [0.29, 0.717) is 5.58 Å². The van der Waals surface area contributed by atoms with Gasteiger partial charge in [-0.05, 0) is 19.1 Å². The van der Waals surface area contributed by atoms with E-state index < -0.39 is 0 Å². The summed E-state index contributed by atoms with van der Waals surface area (Å²) in [6, 6.07) is 7.44. The fourth-order valence-corrected chi connectivity index (χ4v) is 5.11. The van der Waals surface area contributed by atoms with Crippen LogP contribution in [-0.2, 0) is 4.79 Å². The highest BCUT2D eigenvalue weighted by atomic mass is 32.2. The third-order valence-electron chi connectivity index (χ3n) is 3.29. The molecule has 3 nitrogen and oxygen atoms in total. The molecule has 2 aromatic rings. The SMILES string of the molecule is Cc1ccc2oc(=O)cc(SCCSCCSC(=O)C(C)C)c2c1. The number of carbonyl (C=O) groups excluding carboxylic acids is 1. The summed E-state index contributed by atoms with van der Waals surface area (Å²) in [7, 11) is 0. The van der Waals surface area contributed by atoms with Crippen molar-refractivity contribution < 1.29 is 9.21 Å². The highest BCUT2D eigenvalue weighted by Crippen LogP contribution is 2.28. The largest absolute Gasteiger partial charge is 0.423 e. The number of hydrogen-bond donors (Lipinski definition) is 0. The van der Waals surface area contributed by atoms with Crippen LogP contribution >= 0.6 is 35.3 Å². The van der Waals surface area contributed by atoms with Gasteiger partial charge < -0.3 is 4.42 Å². The van der Waals surface area contributed by atoms with Crippen molar-refractivity contribution in [1.29, 1.82) is 0 Å². The summed E-state index contributed by atoms with van der Waals surface area (Å²) in [5.41, 5.74) is 1.50. The summed E-state index contributed by atoms with van der Waals surface area (Å²) in [4.78, 5) is 24.2. The zero-order valence-corrected chi connectivity index (χ0v) is 16.6. The Balaban J connectivity index is 1.81. The lowest BCUT2D eigenvalue weighted by molar-refractivity contribution is -0.113. The van der Waals surface area contributed by atoms with Crippen LogP contribution in [0.4, 0.5) is 0 Å². The molecule has 24 heavy (non-hydrogen) atoms. The van der Waals surface area contributed by atoms with E-state index in [4.69, 9.17) is 4.42 Å². The first-order valence-corrected chi connectivity index (χ1v) is 11.0. The molecule has 0 unspecified atom stereocenters. The number of thioether (sulfide) groups is 3. The molecular formula is C18H22O3S3. The Hall–Kier alpha value is -0.850. The van der Waals surface area contributed by atoms with Crippen LogP contribution in [0.25, 0.3) is 11.0 Å². The van der Waals surface area contributed by atoms with E-state index in [1.54, 1.807) is 17.8 Å². The van der Waals surface area contributed by atoms with Gasteiger partial charge in [0.15, 0.2) is 5.12 Å². The van der Waals surface area contributed by atoms with E-state index >= 15 is 0 Å². The molecule has 0 atom stereocenters. The van der Waals surface area contributed by atoms with E-state index in [-0.39, 0.29) is 16.7 Å². The molecular weight excluding hydrogens is 360 g/mol. The summed E-state index contributed by atoms with van der Waals surface area (Å²) in [5, 5.41) is 1.27. The molecule has 6 heteroatoms. The second kappa shape index (κ2) is 9.59. The van der Waals surface area contributed by atoms with Gasteiger partial charge in [-0.1, -0.05) is 37.2 Å². The number of hydrogen-bond acceptors (Lipinski definition) is 6. The molecule has 0 bridgehead atoms. The van der Waals surface area contributed by atoms with Gasteiger partial charge >= 0.3 is 5.63 Å². The lowest BCUT2D eigenvalue weighted by Crippen LogP contribution is -2.03. The van der Waals surface area contributed by atoms with E-state index in [1.165, 1.54) is 11.8 Å². The lowest BCUT2D eigenvalue weighted by atomic mass is 10.2. The molecule has 0 saturated carbocycles. The van der Waals surface area contributed by atoms with E-state index in [0.717, 1.165) is 38.9 Å². The zero-order chi connectivity index (χ0) is 17.5. The minimum atomic E-state index is -0.301. The van der Waals surface area contributed by atoms with Crippen molar-refractivity contribution in [3.63, 3.8) is 0 Å². The van der Waals surface area contributed by atoms with Crippen LogP contribution in [0.15, 0.2) is 38.4 Å². The molecule has 0 amide bonds. The first-order chi connectivity index (χ1) is 11.5. The van der Waals surface area contributed by atoms with Gasteiger partial charge in [0.1, 0.15) is 5.58 Å². The van der Waals surface area contributed by atoms with Gasteiger partial charge in [-0.3, -0.25) is 4.79 Å². The monoisotopic (exact) mass is 382 g/mol. The van der Waals surface area contributed by atoms with Gasteiger partial charge in [-0.25, -0.2) is 4.79 Å². The standard InChI is InChI=1S/C18H22O3S3/c1-12(2)18(20)24-9-7-22-6-8-23-16-11-17(19)21-15-5-4-13(3)10-14(15)16/h4-5,10-12H,6-9H2,1-3H3. The van der Waals surface area contributed by atoms with E-state index in [2.05, 4.69) is 6.07 Å². The molecule has 1 aromatic carbocycles. The van der Waals surface area contributed by atoms with Crippen molar-refractivity contribution in [2.75, 3.05) is 23.0 Å². The lowest BCUT2D eigenvalue weighted by Gasteiger charge is -2.06. The highest BCUT2D eigenvalue weighted by Gasteiger charge is 2.08. The molecule has 0 N–H and O–H groups in total. The summed E-state index contributed by atoms with van der Waals surface area (Å²) in [6.45, 7) is 5.90. The number of aryl methyl sites for hydroxylation is 1. The minimum Gasteiger partial charge on any atom is -0.423 e. The molecule has 1 aromatic heterocycles. The van der Waals surface area contributed by atoms with Crippen molar-refractivity contribution >= 4 is 51.4 Å². The molecule has 0 aliphatic carbocycles. The molecule has 0 fully saturated rings. The predicted molar refractivity (Wildman–Crippen MR) is 108 cm³/mol. The Morgan fingerprint density at radius 1 is 1.12 bits per heavy atom. The van der Waals surface area contributed by atoms with Gasteiger partial charge in [-0.2, -0.15) is 11.8 Å². The highest BCUT2D eigenvalue weighted by molar-refractivity contribution is 8.14. The number of rotatable bonds is 8. The van der Waals surface area contributed by atoms with Crippen molar-refractivity contribution in [1.82, 2.24) is 0 Å². The first kappa shape index (κ1) is 19.5. The maximum Gasteiger partial charge on any atom is 0.337 e. The normalized spacial score (nSPS) is 11.3. The van der Waals surface area contributed by atoms with Crippen LogP contribution in [0.3, 0.4) is 0 Å². The maximum atomic E-state index is 11.7. The van der Waals surface area contributed by atoms with Gasteiger partial charge in [-0.15, -0.1) is 11.8 Å². The summed E-state index contributed by atoms with van der Waals surface area (Å²) in [5.74, 6) is 3.87. The minimum absolute atomic E-state index is 0.108. The zero-order valence-electron chi connectivity index (χ0n) is 14.2. The Bertz CT molecular complexity index is 753. The van der Waals surface area contributed by atoms with Gasteiger partial charge in [0.05, 0.1) is 0 Å². The Morgan fingerprint density at radius 3 is 2.62 bits per heavy atom. The van der Waals surface area contributed by atoms with Crippen molar-refractivity contribution in [2.45, 2.75) is 25.7 Å².